The third-order valence-corrected chi connectivity index (χ3v) is 8.50. The monoisotopic (exact) mass is 479 g/mol. The summed E-state index contributed by atoms with van der Waals surface area (Å²) in [6.07, 6.45) is 0.654. The summed E-state index contributed by atoms with van der Waals surface area (Å²) in [7, 11) is -3.57. The SMILES string of the molecule is Cc1ccc(S(=O)(=O)N[C@H](C[Se]c2ccc(Cl)cc2)Cc2ccccc2)cc1. The summed E-state index contributed by atoms with van der Waals surface area (Å²) >= 11 is 6.10. The fourth-order valence-electron chi connectivity index (χ4n) is 2.77. The van der Waals surface area contributed by atoms with Crippen LogP contribution in [0, 0.1) is 6.92 Å². The molecule has 0 amide bonds. The fourth-order valence-corrected chi connectivity index (χ4v) is 6.30. The first-order valence-electron chi connectivity index (χ1n) is 8.94. The summed E-state index contributed by atoms with van der Waals surface area (Å²) in [5, 5.41) is 1.47. The van der Waals surface area contributed by atoms with Crippen molar-refractivity contribution in [2.24, 2.45) is 0 Å². The second kappa shape index (κ2) is 9.73. The topological polar surface area (TPSA) is 46.2 Å². The van der Waals surface area contributed by atoms with Gasteiger partial charge in [0.05, 0.1) is 0 Å². The molecule has 0 aliphatic rings. The first-order chi connectivity index (χ1) is 13.4. The Labute approximate surface area is 178 Å². The summed E-state index contributed by atoms with van der Waals surface area (Å²) in [6.45, 7) is 1.94. The van der Waals surface area contributed by atoms with Crippen LogP contribution >= 0.6 is 11.6 Å². The number of rotatable bonds is 8. The van der Waals surface area contributed by atoms with Crippen LogP contribution in [0.25, 0.3) is 0 Å². The van der Waals surface area contributed by atoms with Gasteiger partial charge < -0.3 is 0 Å². The molecule has 0 radical (unpaired) electrons. The number of sulfonamides is 1. The van der Waals surface area contributed by atoms with E-state index in [2.05, 4.69) is 4.72 Å². The molecule has 28 heavy (non-hydrogen) atoms. The molecule has 3 nitrogen and oxygen atoms in total. The molecule has 6 heteroatoms. The Bertz CT molecular complexity index is 991. The van der Waals surface area contributed by atoms with E-state index in [-0.39, 0.29) is 21.0 Å². The molecule has 3 aromatic rings. The number of benzene rings is 3. The Morgan fingerprint density at radius 2 is 1.57 bits per heavy atom. The molecule has 0 saturated heterocycles. The first-order valence-corrected chi connectivity index (χ1v) is 12.9. The molecular weight excluding hydrogens is 457 g/mol. The van der Waals surface area contributed by atoms with E-state index < -0.39 is 10.0 Å². The second-order valence-corrected chi connectivity index (χ2v) is 11.0. The second-order valence-electron chi connectivity index (χ2n) is 6.59. The number of aryl methyl sites for hydroxylation is 1. The van der Waals surface area contributed by atoms with Crippen molar-refractivity contribution in [2.45, 2.75) is 29.6 Å². The number of halogens is 1. The molecule has 146 valence electrons. The van der Waals surface area contributed by atoms with Gasteiger partial charge in [-0.05, 0) is 0 Å². The van der Waals surface area contributed by atoms with Gasteiger partial charge in [-0.25, -0.2) is 0 Å². The van der Waals surface area contributed by atoms with Crippen LogP contribution in [0.2, 0.25) is 10.3 Å². The zero-order chi connectivity index (χ0) is 20.0. The van der Waals surface area contributed by atoms with Crippen molar-refractivity contribution in [3.8, 4) is 0 Å². The van der Waals surface area contributed by atoms with Gasteiger partial charge in [-0.1, -0.05) is 0 Å². The minimum atomic E-state index is -3.57. The van der Waals surface area contributed by atoms with E-state index in [1.807, 2.05) is 73.7 Å². The van der Waals surface area contributed by atoms with Crippen molar-refractivity contribution in [3.63, 3.8) is 0 Å². The van der Waals surface area contributed by atoms with E-state index >= 15 is 0 Å². The van der Waals surface area contributed by atoms with E-state index in [0.29, 0.717) is 16.3 Å². The maximum absolute atomic E-state index is 12.9. The van der Waals surface area contributed by atoms with Crippen LogP contribution in [0.4, 0.5) is 0 Å². The van der Waals surface area contributed by atoms with E-state index in [4.69, 9.17) is 11.6 Å². The molecule has 0 fully saturated rings. The summed E-state index contributed by atoms with van der Waals surface area (Å²) in [4.78, 5) is 0.301. The molecule has 0 unspecified atom stereocenters. The Balaban J connectivity index is 1.76. The standard InChI is InChI=1S/C22H22ClNO2SSe/c1-17-7-11-21(12-8-17)27(25,26)24-20(15-18-5-3-2-4-6-18)16-28-22-13-9-19(23)10-14-22/h2-14,20,24H,15-16H2,1H3/t20-/m0/s1. The van der Waals surface area contributed by atoms with Crippen LogP contribution in [0.1, 0.15) is 11.1 Å². The van der Waals surface area contributed by atoms with Gasteiger partial charge in [0, 0.05) is 0 Å². The molecular formula is C22H22ClNO2SSe. The average Bonchev–Trinajstić information content (AvgIpc) is 2.68. The van der Waals surface area contributed by atoms with Crippen LogP contribution < -0.4 is 9.18 Å². The molecule has 0 bridgehead atoms. The third kappa shape index (κ3) is 6.20. The quantitative estimate of drug-likeness (QED) is 0.498. The molecule has 3 aromatic carbocycles. The average molecular weight is 479 g/mol. The van der Waals surface area contributed by atoms with Gasteiger partial charge in [0.25, 0.3) is 0 Å². The first kappa shape index (κ1) is 21.1. The van der Waals surface area contributed by atoms with E-state index in [1.54, 1.807) is 12.1 Å². The molecule has 0 aliphatic carbocycles. The predicted octanol–water partition coefficient (Wildman–Crippen LogP) is 3.99. The van der Waals surface area contributed by atoms with Crippen molar-refractivity contribution in [1.82, 2.24) is 4.72 Å². The van der Waals surface area contributed by atoms with E-state index in [1.165, 1.54) is 4.46 Å². The van der Waals surface area contributed by atoms with Crippen molar-refractivity contribution in [2.75, 3.05) is 0 Å². The maximum atomic E-state index is 12.9. The molecule has 3 rings (SSSR count). The number of hydrogen-bond acceptors (Lipinski definition) is 2. The van der Waals surface area contributed by atoms with Gasteiger partial charge in [0.15, 0.2) is 0 Å². The van der Waals surface area contributed by atoms with Crippen LogP contribution in [0.15, 0.2) is 83.8 Å². The Morgan fingerprint density at radius 3 is 2.21 bits per heavy atom. The summed E-state index contributed by atoms with van der Waals surface area (Å²) < 4.78 is 29.9. The Morgan fingerprint density at radius 1 is 0.929 bits per heavy atom. The minimum absolute atomic E-state index is 0.139. The summed E-state index contributed by atoms with van der Waals surface area (Å²) in [5.41, 5.74) is 2.15. The van der Waals surface area contributed by atoms with Gasteiger partial charge in [-0.2, -0.15) is 0 Å². The van der Waals surface area contributed by atoms with Gasteiger partial charge in [0.2, 0.25) is 0 Å². The predicted molar refractivity (Wildman–Crippen MR) is 117 cm³/mol. The van der Waals surface area contributed by atoms with Crippen LogP contribution in [-0.2, 0) is 16.4 Å². The van der Waals surface area contributed by atoms with E-state index in [0.717, 1.165) is 16.4 Å². The molecule has 0 spiro atoms. The zero-order valence-electron chi connectivity index (χ0n) is 15.5. The normalized spacial score (nSPS) is 12.6. The van der Waals surface area contributed by atoms with Crippen molar-refractivity contribution in [1.29, 1.82) is 0 Å². The van der Waals surface area contributed by atoms with E-state index in [9.17, 15) is 8.42 Å². The Hall–Kier alpha value is -1.62. The summed E-state index contributed by atoms with van der Waals surface area (Å²) in [6, 6.07) is 24.5. The molecule has 1 N–H and O–H groups in total. The van der Waals surface area contributed by atoms with Gasteiger partial charge in [0.1, 0.15) is 0 Å². The molecule has 0 aliphatic heterocycles. The van der Waals surface area contributed by atoms with Gasteiger partial charge in [-0.15, -0.1) is 0 Å². The van der Waals surface area contributed by atoms with Crippen LogP contribution in [-0.4, -0.2) is 29.4 Å². The third-order valence-electron chi connectivity index (χ3n) is 4.24. The summed E-state index contributed by atoms with van der Waals surface area (Å²) in [5.74, 6) is 0. The number of hydrogen-bond donors (Lipinski definition) is 1. The zero-order valence-corrected chi connectivity index (χ0v) is 18.8. The molecule has 1 atom stereocenters. The number of nitrogens with one attached hydrogen (secondary N) is 1. The van der Waals surface area contributed by atoms with Crippen molar-refractivity contribution in [3.05, 3.63) is 95.0 Å². The molecule has 0 aromatic heterocycles. The van der Waals surface area contributed by atoms with Crippen molar-refractivity contribution < 1.29 is 8.42 Å². The van der Waals surface area contributed by atoms with Gasteiger partial charge >= 0.3 is 179 Å². The molecule has 0 heterocycles. The fraction of sp³-hybridized carbons (Fsp3) is 0.182. The molecule has 0 saturated carbocycles. The van der Waals surface area contributed by atoms with Crippen LogP contribution in [0.5, 0.6) is 0 Å². The van der Waals surface area contributed by atoms with Crippen LogP contribution in [0.3, 0.4) is 0 Å². The van der Waals surface area contributed by atoms with Crippen molar-refractivity contribution >= 4 is 41.0 Å². The Kier molecular flexibility index (Phi) is 7.33. The van der Waals surface area contributed by atoms with Gasteiger partial charge in [-0.3, -0.25) is 0 Å².